The SMILES string of the molecule is COc1ccc(NCc2ccc(O)cn2)cc1O. The quantitative estimate of drug-likeness (QED) is 0.770. The molecule has 0 fully saturated rings. The van der Waals surface area contributed by atoms with Gasteiger partial charge in [0.05, 0.1) is 25.5 Å². The molecule has 2 aromatic rings. The number of hydrogen-bond acceptors (Lipinski definition) is 5. The lowest BCUT2D eigenvalue weighted by Crippen LogP contribution is -2.01. The molecule has 1 heterocycles. The summed E-state index contributed by atoms with van der Waals surface area (Å²) in [6.07, 6.45) is 1.39. The number of pyridine rings is 1. The Kier molecular flexibility index (Phi) is 3.52. The molecule has 0 bridgehead atoms. The highest BCUT2D eigenvalue weighted by molar-refractivity contribution is 5.54. The largest absolute Gasteiger partial charge is 0.506 e. The maximum absolute atomic E-state index is 9.61. The summed E-state index contributed by atoms with van der Waals surface area (Å²) in [5.74, 6) is 0.658. The second kappa shape index (κ2) is 5.27. The highest BCUT2D eigenvalue weighted by Crippen LogP contribution is 2.28. The molecule has 0 spiro atoms. The van der Waals surface area contributed by atoms with Crippen LogP contribution >= 0.6 is 0 Å². The van der Waals surface area contributed by atoms with E-state index >= 15 is 0 Å². The van der Waals surface area contributed by atoms with Gasteiger partial charge in [0.2, 0.25) is 0 Å². The Labute approximate surface area is 105 Å². The van der Waals surface area contributed by atoms with Gasteiger partial charge in [-0.1, -0.05) is 0 Å². The molecule has 0 radical (unpaired) electrons. The predicted octanol–water partition coefficient (Wildman–Crippen LogP) is 2.11. The van der Waals surface area contributed by atoms with E-state index in [0.29, 0.717) is 12.3 Å². The van der Waals surface area contributed by atoms with Gasteiger partial charge >= 0.3 is 0 Å². The van der Waals surface area contributed by atoms with E-state index in [4.69, 9.17) is 9.84 Å². The molecule has 2 rings (SSSR count). The van der Waals surface area contributed by atoms with Crippen molar-refractivity contribution in [3.8, 4) is 17.2 Å². The number of nitrogens with zero attached hydrogens (tertiary/aromatic N) is 1. The molecule has 0 saturated heterocycles. The van der Waals surface area contributed by atoms with Gasteiger partial charge in [0.15, 0.2) is 11.5 Å². The fraction of sp³-hybridized carbons (Fsp3) is 0.154. The molecule has 1 aromatic heterocycles. The minimum atomic E-state index is 0.0844. The van der Waals surface area contributed by atoms with E-state index in [2.05, 4.69) is 10.3 Å². The first-order valence-corrected chi connectivity index (χ1v) is 5.44. The molecule has 5 nitrogen and oxygen atoms in total. The number of anilines is 1. The smallest absolute Gasteiger partial charge is 0.160 e. The summed E-state index contributed by atoms with van der Waals surface area (Å²) in [5.41, 5.74) is 1.56. The first kappa shape index (κ1) is 12.0. The number of benzene rings is 1. The summed E-state index contributed by atoms with van der Waals surface area (Å²) in [4.78, 5) is 4.05. The van der Waals surface area contributed by atoms with Crippen LogP contribution in [0, 0.1) is 0 Å². The number of phenolic OH excluding ortho intramolecular Hbond substituents is 1. The van der Waals surface area contributed by atoms with Gasteiger partial charge in [-0.2, -0.15) is 0 Å². The van der Waals surface area contributed by atoms with Crippen LogP contribution in [-0.4, -0.2) is 22.3 Å². The van der Waals surface area contributed by atoms with Crippen molar-refractivity contribution < 1.29 is 14.9 Å². The van der Waals surface area contributed by atoms with Gasteiger partial charge in [-0.15, -0.1) is 0 Å². The van der Waals surface area contributed by atoms with Crippen molar-refractivity contribution in [3.63, 3.8) is 0 Å². The normalized spacial score (nSPS) is 10.1. The predicted molar refractivity (Wildman–Crippen MR) is 67.9 cm³/mol. The average molecular weight is 246 g/mol. The summed E-state index contributed by atoms with van der Waals surface area (Å²) in [5, 5.41) is 21.8. The number of rotatable bonds is 4. The second-order valence-electron chi connectivity index (χ2n) is 3.75. The van der Waals surface area contributed by atoms with Gasteiger partial charge in [-0.3, -0.25) is 4.98 Å². The molecule has 1 aromatic carbocycles. The maximum Gasteiger partial charge on any atom is 0.160 e. The Balaban J connectivity index is 2.02. The third-order valence-corrected chi connectivity index (χ3v) is 2.46. The Morgan fingerprint density at radius 3 is 2.67 bits per heavy atom. The fourth-order valence-electron chi connectivity index (χ4n) is 1.51. The molecule has 0 unspecified atom stereocenters. The van der Waals surface area contributed by atoms with Crippen LogP contribution in [0.1, 0.15) is 5.69 Å². The number of methoxy groups -OCH3 is 1. The topological polar surface area (TPSA) is 74.6 Å². The molecule has 0 aliphatic rings. The third-order valence-electron chi connectivity index (χ3n) is 2.46. The van der Waals surface area contributed by atoms with Crippen LogP contribution in [0.15, 0.2) is 36.5 Å². The second-order valence-corrected chi connectivity index (χ2v) is 3.75. The van der Waals surface area contributed by atoms with E-state index in [-0.39, 0.29) is 11.5 Å². The Hall–Kier alpha value is -2.43. The highest BCUT2D eigenvalue weighted by Gasteiger charge is 2.02. The van der Waals surface area contributed by atoms with Crippen LogP contribution < -0.4 is 10.1 Å². The van der Waals surface area contributed by atoms with Gasteiger partial charge in [0.25, 0.3) is 0 Å². The van der Waals surface area contributed by atoms with E-state index in [1.807, 2.05) is 0 Å². The fourth-order valence-corrected chi connectivity index (χ4v) is 1.51. The first-order valence-electron chi connectivity index (χ1n) is 5.44. The standard InChI is InChI=1S/C13H14N2O3/c1-18-13-5-3-9(6-12(13)17)14-7-10-2-4-11(16)8-15-10/h2-6,8,14,16-17H,7H2,1H3. The van der Waals surface area contributed by atoms with Gasteiger partial charge in [-0.25, -0.2) is 0 Å². The molecular weight excluding hydrogens is 232 g/mol. The number of aromatic nitrogens is 1. The number of phenols is 1. The summed E-state index contributed by atoms with van der Waals surface area (Å²) in [6.45, 7) is 0.506. The number of aromatic hydroxyl groups is 2. The van der Waals surface area contributed by atoms with Crippen molar-refractivity contribution in [1.82, 2.24) is 4.98 Å². The van der Waals surface area contributed by atoms with Gasteiger partial charge in [0, 0.05) is 11.8 Å². The lowest BCUT2D eigenvalue weighted by molar-refractivity contribution is 0.373. The van der Waals surface area contributed by atoms with Gasteiger partial charge in [0.1, 0.15) is 5.75 Å². The zero-order valence-corrected chi connectivity index (χ0v) is 9.92. The van der Waals surface area contributed by atoms with Gasteiger partial charge < -0.3 is 20.3 Å². The van der Waals surface area contributed by atoms with Crippen molar-refractivity contribution >= 4 is 5.69 Å². The molecule has 0 aliphatic heterocycles. The third kappa shape index (κ3) is 2.82. The monoisotopic (exact) mass is 246 g/mol. The molecular formula is C13H14N2O3. The molecule has 0 saturated carbocycles. The van der Waals surface area contributed by atoms with Crippen LogP contribution in [0.2, 0.25) is 0 Å². The molecule has 0 aliphatic carbocycles. The van der Waals surface area contributed by atoms with Crippen LogP contribution in [-0.2, 0) is 6.54 Å². The lowest BCUT2D eigenvalue weighted by atomic mass is 10.2. The highest BCUT2D eigenvalue weighted by atomic mass is 16.5. The molecule has 18 heavy (non-hydrogen) atoms. The van der Waals surface area contributed by atoms with Crippen molar-refractivity contribution in [1.29, 1.82) is 0 Å². The molecule has 5 heteroatoms. The summed E-state index contributed by atoms with van der Waals surface area (Å²) in [7, 11) is 1.50. The van der Waals surface area contributed by atoms with E-state index in [1.165, 1.54) is 13.3 Å². The summed E-state index contributed by atoms with van der Waals surface area (Å²) < 4.78 is 4.96. The summed E-state index contributed by atoms with van der Waals surface area (Å²) in [6, 6.07) is 8.38. The number of ether oxygens (including phenoxy) is 1. The number of hydrogen-bond donors (Lipinski definition) is 3. The van der Waals surface area contributed by atoms with E-state index in [9.17, 15) is 5.11 Å². The van der Waals surface area contributed by atoms with Crippen molar-refractivity contribution in [2.24, 2.45) is 0 Å². The summed E-state index contributed by atoms with van der Waals surface area (Å²) >= 11 is 0. The van der Waals surface area contributed by atoms with Crippen molar-refractivity contribution in [3.05, 3.63) is 42.2 Å². The van der Waals surface area contributed by atoms with Crippen LogP contribution in [0.3, 0.4) is 0 Å². The van der Waals surface area contributed by atoms with Gasteiger partial charge in [-0.05, 0) is 24.3 Å². The zero-order valence-electron chi connectivity index (χ0n) is 9.92. The molecule has 3 N–H and O–H groups in total. The zero-order chi connectivity index (χ0) is 13.0. The Morgan fingerprint density at radius 1 is 1.22 bits per heavy atom. The van der Waals surface area contributed by atoms with E-state index < -0.39 is 0 Å². The average Bonchev–Trinajstić information content (AvgIpc) is 2.38. The van der Waals surface area contributed by atoms with E-state index in [0.717, 1.165) is 11.4 Å². The molecule has 0 amide bonds. The Bertz CT molecular complexity index is 526. The number of nitrogens with one attached hydrogen (secondary N) is 1. The van der Waals surface area contributed by atoms with Crippen LogP contribution in [0.4, 0.5) is 5.69 Å². The first-order chi connectivity index (χ1) is 8.69. The van der Waals surface area contributed by atoms with E-state index in [1.54, 1.807) is 30.3 Å². The molecule has 0 atom stereocenters. The lowest BCUT2D eigenvalue weighted by Gasteiger charge is -2.08. The van der Waals surface area contributed by atoms with Crippen molar-refractivity contribution in [2.45, 2.75) is 6.54 Å². The van der Waals surface area contributed by atoms with Crippen molar-refractivity contribution in [2.75, 3.05) is 12.4 Å². The van der Waals surface area contributed by atoms with Crippen LogP contribution in [0.5, 0.6) is 17.2 Å². The molecule has 94 valence electrons. The Morgan fingerprint density at radius 2 is 2.06 bits per heavy atom. The maximum atomic E-state index is 9.61. The van der Waals surface area contributed by atoms with Crippen LogP contribution in [0.25, 0.3) is 0 Å². The minimum Gasteiger partial charge on any atom is -0.506 e. The minimum absolute atomic E-state index is 0.0844.